The molecule has 2 rings (SSSR count). The zero-order chi connectivity index (χ0) is 14.9. The number of hydrogen-bond acceptors (Lipinski definition) is 4. The summed E-state index contributed by atoms with van der Waals surface area (Å²) >= 11 is 0. The zero-order valence-electron chi connectivity index (χ0n) is 12.6. The fourth-order valence-corrected chi connectivity index (χ4v) is 1.98. The van der Waals surface area contributed by atoms with Crippen LogP contribution in [0.25, 0.3) is 11.3 Å². The number of para-hydroxylation sites is 1. The highest BCUT2D eigenvalue weighted by molar-refractivity contribution is 5.68. The molecule has 0 radical (unpaired) electrons. The van der Waals surface area contributed by atoms with Gasteiger partial charge in [-0.25, -0.2) is 4.98 Å². The molecule has 4 nitrogen and oxygen atoms in total. The molecule has 112 valence electrons. The number of anilines is 1. The number of benzene rings is 1. The van der Waals surface area contributed by atoms with Gasteiger partial charge in [0.05, 0.1) is 12.3 Å². The predicted molar refractivity (Wildman–Crippen MR) is 85.8 cm³/mol. The SMILES string of the molecule is CCCNc1cccc(-c2ccccc2OCCOC)n1. The van der Waals surface area contributed by atoms with Gasteiger partial charge in [-0.2, -0.15) is 0 Å². The minimum Gasteiger partial charge on any atom is -0.490 e. The van der Waals surface area contributed by atoms with Crippen molar-refractivity contribution in [2.75, 3.05) is 32.2 Å². The summed E-state index contributed by atoms with van der Waals surface area (Å²) in [7, 11) is 1.67. The van der Waals surface area contributed by atoms with Crippen LogP contribution in [0, 0.1) is 0 Å². The van der Waals surface area contributed by atoms with Crippen LogP contribution >= 0.6 is 0 Å². The first-order valence-corrected chi connectivity index (χ1v) is 7.27. The van der Waals surface area contributed by atoms with E-state index in [1.54, 1.807) is 7.11 Å². The molecule has 0 fully saturated rings. The van der Waals surface area contributed by atoms with Crippen molar-refractivity contribution in [2.45, 2.75) is 13.3 Å². The lowest BCUT2D eigenvalue weighted by Crippen LogP contribution is -2.05. The third-order valence-electron chi connectivity index (χ3n) is 3.01. The summed E-state index contributed by atoms with van der Waals surface area (Å²) in [5.74, 6) is 1.72. The van der Waals surface area contributed by atoms with E-state index in [4.69, 9.17) is 9.47 Å². The molecule has 0 bridgehead atoms. The van der Waals surface area contributed by atoms with Crippen molar-refractivity contribution in [2.24, 2.45) is 0 Å². The first-order chi connectivity index (χ1) is 10.3. The highest BCUT2D eigenvalue weighted by atomic mass is 16.5. The van der Waals surface area contributed by atoms with Gasteiger partial charge in [0.25, 0.3) is 0 Å². The van der Waals surface area contributed by atoms with Crippen LogP contribution in [0.2, 0.25) is 0 Å². The zero-order valence-corrected chi connectivity index (χ0v) is 12.6. The fraction of sp³-hybridized carbons (Fsp3) is 0.353. The van der Waals surface area contributed by atoms with Crippen molar-refractivity contribution in [3.8, 4) is 17.0 Å². The summed E-state index contributed by atoms with van der Waals surface area (Å²) in [6.07, 6.45) is 1.07. The van der Waals surface area contributed by atoms with Crippen molar-refractivity contribution >= 4 is 5.82 Å². The van der Waals surface area contributed by atoms with Gasteiger partial charge in [0.1, 0.15) is 18.2 Å². The second-order valence-electron chi connectivity index (χ2n) is 4.67. The van der Waals surface area contributed by atoms with Gasteiger partial charge < -0.3 is 14.8 Å². The van der Waals surface area contributed by atoms with Crippen molar-refractivity contribution in [1.82, 2.24) is 4.98 Å². The Labute approximate surface area is 126 Å². The van der Waals surface area contributed by atoms with Crippen LogP contribution in [0.4, 0.5) is 5.82 Å². The van der Waals surface area contributed by atoms with E-state index < -0.39 is 0 Å². The van der Waals surface area contributed by atoms with Gasteiger partial charge in [-0.15, -0.1) is 0 Å². The summed E-state index contributed by atoms with van der Waals surface area (Å²) in [5.41, 5.74) is 1.90. The summed E-state index contributed by atoms with van der Waals surface area (Å²) < 4.78 is 10.8. The second-order valence-corrected chi connectivity index (χ2v) is 4.67. The van der Waals surface area contributed by atoms with Crippen LogP contribution in [0.1, 0.15) is 13.3 Å². The van der Waals surface area contributed by atoms with Crippen molar-refractivity contribution in [3.05, 3.63) is 42.5 Å². The van der Waals surface area contributed by atoms with Crippen molar-refractivity contribution < 1.29 is 9.47 Å². The maximum Gasteiger partial charge on any atom is 0.128 e. The third-order valence-corrected chi connectivity index (χ3v) is 3.01. The average Bonchev–Trinajstić information content (AvgIpc) is 2.54. The lowest BCUT2D eigenvalue weighted by molar-refractivity contribution is 0.146. The van der Waals surface area contributed by atoms with Gasteiger partial charge in [0.2, 0.25) is 0 Å². The van der Waals surface area contributed by atoms with Crippen LogP contribution in [-0.4, -0.2) is 31.9 Å². The highest BCUT2D eigenvalue weighted by Gasteiger charge is 2.07. The summed E-state index contributed by atoms with van der Waals surface area (Å²) in [5, 5.41) is 3.30. The Hall–Kier alpha value is -2.07. The maximum atomic E-state index is 5.77. The van der Waals surface area contributed by atoms with Crippen molar-refractivity contribution in [3.63, 3.8) is 0 Å². The molecule has 0 aliphatic carbocycles. The molecule has 4 heteroatoms. The number of pyridine rings is 1. The van der Waals surface area contributed by atoms with Gasteiger partial charge in [0.15, 0.2) is 0 Å². The Morgan fingerprint density at radius 3 is 2.71 bits per heavy atom. The molecule has 0 unspecified atom stereocenters. The largest absolute Gasteiger partial charge is 0.490 e. The molecule has 1 aromatic heterocycles. The smallest absolute Gasteiger partial charge is 0.128 e. The van der Waals surface area contributed by atoms with Crippen molar-refractivity contribution in [1.29, 1.82) is 0 Å². The fourth-order valence-electron chi connectivity index (χ4n) is 1.98. The lowest BCUT2D eigenvalue weighted by Gasteiger charge is -2.12. The number of rotatable bonds is 8. The summed E-state index contributed by atoms with van der Waals surface area (Å²) in [6, 6.07) is 13.9. The molecule has 0 spiro atoms. The Balaban J connectivity index is 2.20. The van der Waals surface area contributed by atoms with Crippen LogP contribution in [0.3, 0.4) is 0 Å². The number of nitrogens with one attached hydrogen (secondary N) is 1. The number of aromatic nitrogens is 1. The van der Waals surface area contributed by atoms with Crippen LogP contribution in [0.15, 0.2) is 42.5 Å². The quantitative estimate of drug-likeness (QED) is 0.753. The maximum absolute atomic E-state index is 5.77. The van der Waals surface area contributed by atoms with E-state index in [1.807, 2.05) is 42.5 Å². The van der Waals surface area contributed by atoms with E-state index in [2.05, 4.69) is 17.2 Å². The number of methoxy groups -OCH3 is 1. The minimum atomic E-state index is 0.529. The van der Waals surface area contributed by atoms with E-state index in [0.29, 0.717) is 13.2 Å². The summed E-state index contributed by atoms with van der Waals surface area (Å²) in [4.78, 5) is 4.65. The molecule has 21 heavy (non-hydrogen) atoms. The van der Waals surface area contributed by atoms with Gasteiger partial charge in [-0.3, -0.25) is 0 Å². The van der Waals surface area contributed by atoms with E-state index >= 15 is 0 Å². The molecule has 0 aliphatic rings. The highest BCUT2D eigenvalue weighted by Crippen LogP contribution is 2.29. The molecule has 2 aromatic rings. The minimum absolute atomic E-state index is 0.529. The first-order valence-electron chi connectivity index (χ1n) is 7.27. The topological polar surface area (TPSA) is 43.4 Å². The molecular formula is C17H22N2O2. The third kappa shape index (κ3) is 4.46. The monoisotopic (exact) mass is 286 g/mol. The predicted octanol–water partition coefficient (Wildman–Crippen LogP) is 3.60. The first kappa shape index (κ1) is 15.3. The molecule has 0 saturated heterocycles. The molecule has 1 N–H and O–H groups in total. The number of hydrogen-bond donors (Lipinski definition) is 1. The van der Waals surface area contributed by atoms with E-state index in [-0.39, 0.29) is 0 Å². The molecule has 0 amide bonds. The average molecular weight is 286 g/mol. The molecule has 0 aliphatic heterocycles. The molecule has 1 aromatic carbocycles. The number of nitrogens with zero attached hydrogens (tertiary/aromatic N) is 1. The normalized spacial score (nSPS) is 10.4. The molecule has 0 atom stereocenters. The summed E-state index contributed by atoms with van der Waals surface area (Å²) in [6.45, 7) is 4.15. The lowest BCUT2D eigenvalue weighted by atomic mass is 10.1. The van der Waals surface area contributed by atoms with Crippen LogP contribution in [-0.2, 0) is 4.74 Å². The second kappa shape index (κ2) is 8.27. The molecule has 1 heterocycles. The molecular weight excluding hydrogens is 264 g/mol. The van der Waals surface area contributed by atoms with Gasteiger partial charge in [-0.05, 0) is 30.7 Å². The van der Waals surface area contributed by atoms with Gasteiger partial charge in [0, 0.05) is 19.2 Å². The number of ether oxygens (including phenoxy) is 2. The van der Waals surface area contributed by atoms with E-state index in [0.717, 1.165) is 35.8 Å². The Morgan fingerprint density at radius 2 is 1.90 bits per heavy atom. The van der Waals surface area contributed by atoms with E-state index in [1.165, 1.54) is 0 Å². The Morgan fingerprint density at radius 1 is 1.05 bits per heavy atom. The van der Waals surface area contributed by atoms with Gasteiger partial charge >= 0.3 is 0 Å². The van der Waals surface area contributed by atoms with Crippen LogP contribution in [0.5, 0.6) is 5.75 Å². The Bertz CT molecular complexity index is 558. The van der Waals surface area contributed by atoms with Gasteiger partial charge in [-0.1, -0.05) is 25.1 Å². The van der Waals surface area contributed by atoms with Crippen LogP contribution < -0.4 is 10.1 Å². The standard InChI is InChI=1S/C17H22N2O2/c1-3-11-18-17-10-6-8-15(19-17)14-7-4-5-9-16(14)21-13-12-20-2/h4-10H,3,11-13H2,1-2H3,(H,18,19). The Kier molecular flexibility index (Phi) is 6.03. The molecule has 0 saturated carbocycles. The van der Waals surface area contributed by atoms with E-state index in [9.17, 15) is 0 Å².